The molecule has 0 radical (unpaired) electrons. The molecule has 2 N–H and O–H groups in total. The molecule has 0 aliphatic heterocycles. The minimum Gasteiger partial charge on any atom is -0.383 e. The molecule has 1 aliphatic carbocycles. The number of thioether (sulfide) groups is 1. The molecule has 3 nitrogen and oxygen atoms in total. The van der Waals surface area contributed by atoms with Gasteiger partial charge in [-0.15, -0.1) is 11.8 Å². The average molecular weight is 299 g/mol. The Kier molecular flexibility index (Phi) is 4.44. The molecule has 1 aromatic carbocycles. The molecule has 3 rings (SSSR count). The average Bonchev–Trinajstić information content (AvgIpc) is 2.72. The van der Waals surface area contributed by atoms with E-state index in [0.29, 0.717) is 5.82 Å². The summed E-state index contributed by atoms with van der Waals surface area (Å²) in [6.45, 7) is 2.10. The maximum Gasteiger partial charge on any atom is 0.141 e. The summed E-state index contributed by atoms with van der Waals surface area (Å²) in [4.78, 5) is 10.5. The van der Waals surface area contributed by atoms with Gasteiger partial charge < -0.3 is 5.73 Å². The number of nitrogen functional groups attached to an aromatic ring is 1. The number of nitrogens with zero attached hydrogens (tertiary/aromatic N) is 2. The number of aryl methyl sites for hydroxylation is 2. The normalized spacial score (nSPS) is 14.5. The largest absolute Gasteiger partial charge is 0.383 e. The van der Waals surface area contributed by atoms with Crippen molar-refractivity contribution in [3.63, 3.8) is 0 Å². The second kappa shape index (κ2) is 6.48. The van der Waals surface area contributed by atoms with Crippen LogP contribution in [-0.4, -0.2) is 9.97 Å². The number of nitrogens with two attached hydrogens (primary N) is 1. The number of hydrogen-bond acceptors (Lipinski definition) is 4. The molecule has 0 atom stereocenters. The summed E-state index contributed by atoms with van der Waals surface area (Å²) in [5.74, 6) is 2.33. The van der Waals surface area contributed by atoms with Crippen molar-refractivity contribution in [3.05, 3.63) is 46.9 Å². The maximum absolute atomic E-state index is 6.14. The van der Waals surface area contributed by atoms with Gasteiger partial charge in [0.25, 0.3) is 0 Å². The van der Waals surface area contributed by atoms with Crippen LogP contribution in [0, 0.1) is 6.92 Å². The maximum atomic E-state index is 6.14. The van der Waals surface area contributed by atoms with E-state index in [2.05, 4.69) is 36.2 Å². The van der Waals surface area contributed by atoms with Gasteiger partial charge in [0.15, 0.2) is 0 Å². The Morgan fingerprint density at radius 1 is 1.05 bits per heavy atom. The first-order chi connectivity index (χ1) is 10.2. The van der Waals surface area contributed by atoms with Crippen LogP contribution in [0.1, 0.15) is 41.9 Å². The molecule has 0 saturated heterocycles. The van der Waals surface area contributed by atoms with Crippen LogP contribution in [-0.2, 0) is 18.6 Å². The third kappa shape index (κ3) is 3.56. The van der Waals surface area contributed by atoms with Crippen LogP contribution in [0.3, 0.4) is 0 Å². The first-order valence-corrected chi connectivity index (χ1v) is 8.54. The quantitative estimate of drug-likeness (QED) is 0.689. The van der Waals surface area contributed by atoms with Gasteiger partial charge in [0.05, 0.1) is 5.75 Å². The van der Waals surface area contributed by atoms with Crippen molar-refractivity contribution in [1.82, 2.24) is 9.97 Å². The summed E-state index contributed by atoms with van der Waals surface area (Å²) < 4.78 is 0. The Bertz CT molecular complexity index is 623. The zero-order valence-electron chi connectivity index (χ0n) is 12.4. The predicted molar refractivity (Wildman–Crippen MR) is 88.4 cm³/mol. The van der Waals surface area contributed by atoms with Gasteiger partial charge in [-0.25, -0.2) is 9.97 Å². The highest BCUT2D eigenvalue weighted by Crippen LogP contribution is 2.26. The summed E-state index contributed by atoms with van der Waals surface area (Å²) in [7, 11) is 0. The molecule has 0 spiro atoms. The molecule has 110 valence electrons. The van der Waals surface area contributed by atoms with Crippen molar-refractivity contribution in [2.45, 2.75) is 49.7 Å². The van der Waals surface area contributed by atoms with Crippen molar-refractivity contribution >= 4 is 17.6 Å². The Labute approximate surface area is 130 Å². The molecule has 4 heteroatoms. The van der Waals surface area contributed by atoms with Crippen LogP contribution in [0.25, 0.3) is 0 Å². The molecule has 2 aromatic rings. The molecule has 1 aromatic heterocycles. The van der Waals surface area contributed by atoms with Crippen LogP contribution in [0.4, 0.5) is 5.82 Å². The Hall–Kier alpha value is -1.55. The van der Waals surface area contributed by atoms with E-state index in [-0.39, 0.29) is 0 Å². The lowest BCUT2D eigenvalue weighted by Gasteiger charge is -2.10. The van der Waals surface area contributed by atoms with E-state index >= 15 is 0 Å². The van der Waals surface area contributed by atoms with E-state index in [1.807, 2.05) is 0 Å². The Morgan fingerprint density at radius 3 is 2.62 bits per heavy atom. The third-order valence-corrected chi connectivity index (χ3v) is 4.91. The summed E-state index contributed by atoms with van der Waals surface area (Å²) >= 11 is 1.77. The highest BCUT2D eigenvalue weighted by atomic mass is 32.2. The van der Waals surface area contributed by atoms with Gasteiger partial charge in [-0.05, 0) is 44.7 Å². The van der Waals surface area contributed by atoms with Crippen molar-refractivity contribution in [2.75, 3.05) is 5.73 Å². The molecule has 0 amide bonds. The van der Waals surface area contributed by atoms with E-state index < -0.39 is 0 Å². The molecular formula is C17H21N3S. The van der Waals surface area contributed by atoms with E-state index in [0.717, 1.165) is 24.4 Å². The fraction of sp³-hybridized carbons (Fsp3) is 0.412. The first kappa shape index (κ1) is 14.4. The second-order valence-electron chi connectivity index (χ2n) is 5.61. The van der Waals surface area contributed by atoms with Crippen LogP contribution in [0.5, 0.6) is 0 Å². The summed E-state index contributed by atoms with van der Waals surface area (Å²) in [6, 6.07) is 8.56. The minimum atomic E-state index is 0.696. The first-order valence-electron chi connectivity index (χ1n) is 7.56. The second-order valence-corrected chi connectivity index (χ2v) is 6.66. The number of benzene rings is 1. The van der Waals surface area contributed by atoms with E-state index in [4.69, 9.17) is 10.7 Å². The van der Waals surface area contributed by atoms with E-state index in [1.165, 1.54) is 41.0 Å². The minimum absolute atomic E-state index is 0.696. The fourth-order valence-electron chi connectivity index (χ4n) is 2.70. The van der Waals surface area contributed by atoms with Gasteiger partial charge in [0, 0.05) is 16.2 Å². The topological polar surface area (TPSA) is 51.8 Å². The zero-order valence-corrected chi connectivity index (χ0v) is 13.2. The van der Waals surface area contributed by atoms with Gasteiger partial charge >= 0.3 is 0 Å². The lowest BCUT2D eigenvalue weighted by molar-refractivity contribution is 0.708. The van der Waals surface area contributed by atoms with Gasteiger partial charge in [-0.3, -0.25) is 0 Å². The highest BCUT2D eigenvalue weighted by molar-refractivity contribution is 7.98. The van der Waals surface area contributed by atoms with Crippen LogP contribution in [0.2, 0.25) is 0 Å². The standard InChI is InChI=1S/C17H21N3S/c1-12-7-9-13(10-8-12)21-11-16-19-15-6-4-2-3-5-14(15)17(18)20-16/h7-10H,2-6,11H2,1H3,(H2,18,19,20). The molecule has 0 unspecified atom stereocenters. The molecule has 0 fully saturated rings. The number of hydrogen-bond donors (Lipinski definition) is 1. The fourth-order valence-corrected chi connectivity index (χ4v) is 3.45. The third-order valence-electron chi connectivity index (χ3n) is 3.90. The van der Waals surface area contributed by atoms with Crippen molar-refractivity contribution in [1.29, 1.82) is 0 Å². The van der Waals surface area contributed by atoms with Crippen molar-refractivity contribution in [3.8, 4) is 0 Å². The van der Waals surface area contributed by atoms with Crippen LogP contribution >= 0.6 is 11.8 Å². The van der Waals surface area contributed by atoms with Gasteiger partial charge in [0.1, 0.15) is 11.6 Å². The molecular weight excluding hydrogens is 278 g/mol. The van der Waals surface area contributed by atoms with Gasteiger partial charge in [-0.2, -0.15) is 0 Å². The Balaban J connectivity index is 1.75. The zero-order chi connectivity index (χ0) is 14.7. The lowest BCUT2D eigenvalue weighted by Crippen LogP contribution is -2.08. The molecule has 0 bridgehead atoms. The highest BCUT2D eigenvalue weighted by Gasteiger charge is 2.15. The molecule has 1 aliphatic rings. The smallest absolute Gasteiger partial charge is 0.141 e. The number of aromatic nitrogens is 2. The summed E-state index contributed by atoms with van der Waals surface area (Å²) in [6.07, 6.45) is 5.77. The van der Waals surface area contributed by atoms with Crippen LogP contribution in [0.15, 0.2) is 29.2 Å². The SMILES string of the molecule is Cc1ccc(SCc2nc(N)c3c(n2)CCCCC3)cc1. The Morgan fingerprint density at radius 2 is 1.81 bits per heavy atom. The van der Waals surface area contributed by atoms with Crippen molar-refractivity contribution in [2.24, 2.45) is 0 Å². The molecule has 0 saturated carbocycles. The lowest BCUT2D eigenvalue weighted by atomic mass is 10.1. The molecule has 21 heavy (non-hydrogen) atoms. The monoisotopic (exact) mass is 299 g/mol. The van der Waals surface area contributed by atoms with Crippen molar-refractivity contribution < 1.29 is 0 Å². The predicted octanol–water partition coefficient (Wildman–Crippen LogP) is 3.93. The van der Waals surface area contributed by atoms with E-state index in [1.54, 1.807) is 11.8 Å². The van der Waals surface area contributed by atoms with E-state index in [9.17, 15) is 0 Å². The molecule has 1 heterocycles. The number of fused-ring (bicyclic) bond motifs is 1. The summed E-state index contributed by atoms with van der Waals surface area (Å²) in [5.41, 5.74) is 9.79. The number of rotatable bonds is 3. The van der Waals surface area contributed by atoms with Gasteiger partial charge in [0.2, 0.25) is 0 Å². The van der Waals surface area contributed by atoms with Gasteiger partial charge in [-0.1, -0.05) is 24.1 Å². The summed E-state index contributed by atoms with van der Waals surface area (Å²) in [5, 5.41) is 0. The van der Waals surface area contributed by atoms with Crippen LogP contribution < -0.4 is 5.73 Å². The number of anilines is 1.